The van der Waals surface area contributed by atoms with Crippen molar-refractivity contribution in [2.75, 3.05) is 17.3 Å². The molecule has 3 rings (SSSR count). The maximum absolute atomic E-state index is 12.7. The predicted molar refractivity (Wildman–Crippen MR) is 107 cm³/mol. The van der Waals surface area contributed by atoms with Gasteiger partial charge in [-0.2, -0.15) is 0 Å². The Balaban J connectivity index is 1.81. The summed E-state index contributed by atoms with van der Waals surface area (Å²) in [4.78, 5) is 31.0. The number of carbonyl (C=O) groups is 2. The zero-order chi connectivity index (χ0) is 19.4. The first-order valence-corrected chi connectivity index (χ1v) is 8.63. The van der Waals surface area contributed by atoms with E-state index in [0.717, 1.165) is 22.5 Å². The molecule has 0 spiro atoms. The van der Waals surface area contributed by atoms with Crippen LogP contribution in [0.4, 0.5) is 11.4 Å². The number of pyridine rings is 1. The third-order valence-corrected chi connectivity index (χ3v) is 4.55. The Morgan fingerprint density at radius 2 is 1.63 bits per heavy atom. The van der Waals surface area contributed by atoms with E-state index in [4.69, 9.17) is 0 Å². The molecule has 0 saturated heterocycles. The molecule has 0 radical (unpaired) electrons. The number of hydrogen-bond acceptors (Lipinski definition) is 3. The van der Waals surface area contributed by atoms with Crippen molar-refractivity contribution in [2.45, 2.75) is 13.8 Å². The first kappa shape index (κ1) is 18.3. The molecule has 1 heterocycles. The van der Waals surface area contributed by atoms with Gasteiger partial charge in [-0.1, -0.05) is 30.3 Å². The predicted octanol–water partition coefficient (Wildman–Crippen LogP) is 4.23. The van der Waals surface area contributed by atoms with Crippen molar-refractivity contribution in [3.8, 4) is 0 Å². The van der Waals surface area contributed by atoms with Crippen LogP contribution in [0.15, 0.2) is 67.0 Å². The summed E-state index contributed by atoms with van der Waals surface area (Å²) in [6.07, 6.45) is 2.93. The fourth-order valence-electron chi connectivity index (χ4n) is 2.72. The maximum atomic E-state index is 12.7. The molecule has 0 fully saturated rings. The molecule has 0 unspecified atom stereocenters. The number of carbonyl (C=O) groups excluding carboxylic acids is 2. The van der Waals surface area contributed by atoms with Gasteiger partial charge in [0.05, 0.1) is 11.1 Å². The number of aryl methyl sites for hydroxylation is 1. The van der Waals surface area contributed by atoms with E-state index in [2.05, 4.69) is 10.3 Å². The minimum atomic E-state index is -0.298. The lowest BCUT2D eigenvalue weighted by atomic mass is 10.1. The van der Waals surface area contributed by atoms with Gasteiger partial charge in [0.2, 0.25) is 0 Å². The number of amides is 2. The maximum Gasteiger partial charge on any atom is 0.259 e. The summed E-state index contributed by atoms with van der Waals surface area (Å²) in [5, 5.41) is 2.89. The Morgan fingerprint density at radius 3 is 2.37 bits per heavy atom. The van der Waals surface area contributed by atoms with Crippen LogP contribution in [0.25, 0.3) is 0 Å². The molecule has 2 aromatic carbocycles. The van der Waals surface area contributed by atoms with E-state index < -0.39 is 0 Å². The molecule has 1 aromatic heterocycles. The Labute approximate surface area is 158 Å². The standard InChI is InChI=1S/C22H21N3O2/c1-15-8-7-11-20(16(15)2)24-21(26)17-12-18(14-23-13-17)22(27)25(3)19-9-5-4-6-10-19/h4-14H,1-3H3,(H,24,26). The van der Waals surface area contributed by atoms with E-state index >= 15 is 0 Å². The van der Waals surface area contributed by atoms with Crippen LogP contribution in [0.3, 0.4) is 0 Å². The Morgan fingerprint density at radius 1 is 0.926 bits per heavy atom. The van der Waals surface area contributed by atoms with Gasteiger partial charge in [0.25, 0.3) is 11.8 Å². The summed E-state index contributed by atoms with van der Waals surface area (Å²) in [5.74, 6) is -0.525. The highest BCUT2D eigenvalue weighted by molar-refractivity contribution is 6.09. The van der Waals surface area contributed by atoms with E-state index in [0.29, 0.717) is 11.1 Å². The Hall–Kier alpha value is -3.47. The van der Waals surface area contributed by atoms with E-state index in [1.807, 2.05) is 62.4 Å². The first-order chi connectivity index (χ1) is 13.0. The van der Waals surface area contributed by atoms with E-state index in [-0.39, 0.29) is 11.8 Å². The van der Waals surface area contributed by atoms with Gasteiger partial charge < -0.3 is 10.2 Å². The normalized spacial score (nSPS) is 10.3. The first-order valence-electron chi connectivity index (χ1n) is 8.63. The quantitative estimate of drug-likeness (QED) is 0.758. The van der Waals surface area contributed by atoms with Crippen molar-refractivity contribution >= 4 is 23.2 Å². The van der Waals surface area contributed by atoms with Gasteiger partial charge in [-0.05, 0) is 49.2 Å². The Bertz CT molecular complexity index is 984. The van der Waals surface area contributed by atoms with E-state index in [9.17, 15) is 9.59 Å². The van der Waals surface area contributed by atoms with E-state index in [1.54, 1.807) is 13.1 Å². The number of anilines is 2. The molecule has 5 nitrogen and oxygen atoms in total. The smallest absolute Gasteiger partial charge is 0.259 e. The molecule has 0 saturated carbocycles. The van der Waals surface area contributed by atoms with Crippen molar-refractivity contribution in [2.24, 2.45) is 0 Å². The summed E-state index contributed by atoms with van der Waals surface area (Å²) in [6.45, 7) is 3.95. The van der Waals surface area contributed by atoms with Crippen LogP contribution in [-0.2, 0) is 0 Å². The van der Waals surface area contributed by atoms with Crippen molar-refractivity contribution in [1.82, 2.24) is 4.98 Å². The number of para-hydroxylation sites is 1. The minimum Gasteiger partial charge on any atom is -0.322 e. The lowest BCUT2D eigenvalue weighted by molar-refractivity contribution is 0.0992. The van der Waals surface area contributed by atoms with Gasteiger partial charge in [0, 0.05) is 30.8 Å². The number of nitrogens with zero attached hydrogens (tertiary/aromatic N) is 2. The molecule has 27 heavy (non-hydrogen) atoms. The van der Waals surface area contributed by atoms with Crippen LogP contribution in [0.2, 0.25) is 0 Å². The molecule has 0 aliphatic carbocycles. The number of rotatable bonds is 4. The van der Waals surface area contributed by atoms with Crippen molar-refractivity contribution in [1.29, 1.82) is 0 Å². The molecule has 0 atom stereocenters. The van der Waals surface area contributed by atoms with Crippen LogP contribution in [0, 0.1) is 13.8 Å². The zero-order valence-electron chi connectivity index (χ0n) is 15.6. The number of benzene rings is 2. The summed E-state index contributed by atoms with van der Waals surface area (Å²) in [7, 11) is 1.69. The fourth-order valence-corrected chi connectivity index (χ4v) is 2.72. The van der Waals surface area contributed by atoms with Gasteiger partial charge in [-0.3, -0.25) is 14.6 Å². The van der Waals surface area contributed by atoms with Crippen LogP contribution < -0.4 is 10.2 Å². The van der Waals surface area contributed by atoms with Gasteiger partial charge in [0.15, 0.2) is 0 Å². The molecular formula is C22H21N3O2. The second-order valence-electron chi connectivity index (χ2n) is 6.36. The van der Waals surface area contributed by atoms with Crippen molar-refractivity contribution in [3.05, 3.63) is 89.2 Å². The topological polar surface area (TPSA) is 62.3 Å². The molecule has 0 aliphatic heterocycles. The molecular weight excluding hydrogens is 338 g/mol. The van der Waals surface area contributed by atoms with Crippen molar-refractivity contribution < 1.29 is 9.59 Å². The van der Waals surface area contributed by atoms with Crippen LogP contribution in [0.5, 0.6) is 0 Å². The van der Waals surface area contributed by atoms with E-state index in [1.165, 1.54) is 17.3 Å². The molecule has 2 amide bonds. The molecule has 0 aliphatic rings. The third-order valence-electron chi connectivity index (χ3n) is 4.55. The van der Waals surface area contributed by atoms with Gasteiger partial charge >= 0.3 is 0 Å². The number of hydrogen-bond donors (Lipinski definition) is 1. The van der Waals surface area contributed by atoms with Crippen LogP contribution in [-0.4, -0.2) is 23.8 Å². The highest BCUT2D eigenvalue weighted by Gasteiger charge is 2.16. The molecule has 0 bridgehead atoms. The fraction of sp³-hybridized carbons (Fsp3) is 0.136. The average Bonchev–Trinajstić information content (AvgIpc) is 2.71. The van der Waals surface area contributed by atoms with Gasteiger partial charge in [-0.15, -0.1) is 0 Å². The molecule has 5 heteroatoms. The number of aromatic nitrogens is 1. The summed E-state index contributed by atoms with van der Waals surface area (Å²) < 4.78 is 0. The van der Waals surface area contributed by atoms with Crippen LogP contribution in [0.1, 0.15) is 31.8 Å². The average molecular weight is 359 g/mol. The second-order valence-corrected chi connectivity index (χ2v) is 6.36. The third kappa shape index (κ3) is 4.03. The zero-order valence-corrected chi connectivity index (χ0v) is 15.6. The lowest BCUT2D eigenvalue weighted by Gasteiger charge is -2.17. The summed E-state index contributed by atoms with van der Waals surface area (Å²) in [5.41, 5.74) is 4.32. The number of nitrogens with one attached hydrogen (secondary N) is 1. The molecule has 1 N–H and O–H groups in total. The monoisotopic (exact) mass is 359 g/mol. The largest absolute Gasteiger partial charge is 0.322 e. The second kappa shape index (κ2) is 7.83. The SMILES string of the molecule is Cc1cccc(NC(=O)c2cncc(C(=O)N(C)c3ccccc3)c2)c1C. The highest BCUT2D eigenvalue weighted by Crippen LogP contribution is 2.19. The Kier molecular flexibility index (Phi) is 5.31. The van der Waals surface area contributed by atoms with Gasteiger partial charge in [0.1, 0.15) is 0 Å². The minimum absolute atomic E-state index is 0.227. The summed E-state index contributed by atoms with van der Waals surface area (Å²) >= 11 is 0. The highest BCUT2D eigenvalue weighted by atomic mass is 16.2. The molecule has 3 aromatic rings. The van der Waals surface area contributed by atoms with Crippen molar-refractivity contribution in [3.63, 3.8) is 0 Å². The lowest BCUT2D eigenvalue weighted by Crippen LogP contribution is -2.26. The summed E-state index contributed by atoms with van der Waals surface area (Å²) in [6, 6.07) is 16.6. The molecule has 136 valence electrons. The van der Waals surface area contributed by atoms with Gasteiger partial charge in [-0.25, -0.2) is 0 Å². The van der Waals surface area contributed by atoms with Crippen LogP contribution >= 0.6 is 0 Å².